The highest BCUT2D eigenvalue weighted by Gasteiger charge is 2.32. The molecule has 0 radical (unpaired) electrons. The van der Waals surface area contributed by atoms with Crippen LogP contribution in [0.3, 0.4) is 0 Å². The lowest BCUT2D eigenvalue weighted by molar-refractivity contribution is -0.141. The smallest absolute Gasteiger partial charge is 0.368 e. The maximum Gasteiger partial charge on any atom is 0.433 e. The van der Waals surface area contributed by atoms with Gasteiger partial charge >= 0.3 is 6.18 Å². The minimum atomic E-state index is -4.39. The van der Waals surface area contributed by atoms with E-state index in [1.165, 1.54) is 17.8 Å². The number of aryl methyl sites for hydroxylation is 1. The molecule has 1 saturated heterocycles. The molecular weight excluding hydrogens is 317 g/mol. The minimum Gasteiger partial charge on any atom is -0.368 e. The highest BCUT2D eigenvalue weighted by molar-refractivity contribution is 5.45. The molecule has 1 aliphatic rings. The van der Waals surface area contributed by atoms with E-state index in [0.29, 0.717) is 0 Å². The monoisotopic (exact) mass is 336 g/mol. The summed E-state index contributed by atoms with van der Waals surface area (Å²) in [4.78, 5) is 12.2. The van der Waals surface area contributed by atoms with Crippen LogP contribution in [0.5, 0.6) is 0 Å². The molecule has 0 unspecified atom stereocenters. The molecule has 0 amide bonds. The number of pyridine rings is 2. The van der Waals surface area contributed by atoms with Crippen molar-refractivity contribution in [1.82, 2.24) is 14.9 Å². The van der Waals surface area contributed by atoms with Crippen molar-refractivity contribution in [3.8, 4) is 0 Å². The normalized spacial score (nSPS) is 16.4. The molecule has 7 heteroatoms. The van der Waals surface area contributed by atoms with Crippen LogP contribution in [-0.4, -0.2) is 41.0 Å². The zero-order valence-corrected chi connectivity index (χ0v) is 13.4. The first kappa shape index (κ1) is 16.7. The third-order valence-corrected chi connectivity index (χ3v) is 4.29. The summed E-state index contributed by atoms with van der Waals surface area (Å²) >= 11 is 0. The number of alkyl halides is 3. The van der Waals surface area contributed by atoms with Crippen LogP contribution in [0.1, 0.15) is 17.0 Å². The molecule has 4 nitrogen and oxygen atoms in total. The van der Waals surface area contributed by atoms with E-state index in [2.05, 4.69) is 25.8 Å². The SMILES string of the molecule is Cc1ncccc1CN1CCN(c2ccc(C(F)(F)F)nc2)CC1. The molecule has 128 valence electrons. The van der Waals surface area contributed by atoms with Gasteiger partial charge in [-0.3, -0.25) is 9.88 Å². The summed E-state index contributed by atoms with van der Waals surface area (Å²) in [6, 6.07) is 6.55. The third-order valence-electron chi connectivity index (χ3n) is 4.29. The standard InChI is InChI=1S/C17H19F3N4/c1-13-14(3-2-6-21-13)12-23-7-9-24(10-8-23)15-4-5-16(22-11-15)17(18,19)20/h2-6,11H,7-10,12H2,1H3. The van der Waals surface area contributed by atoms with Crippen LogP contribution in [0.4, 0.5) is 18.9 Å². The summed E-state index contributed by atoms with van der Waals surface area (Å²) in [5.74, 6) is 0. The Balaban J connectivity index is 1.58. The van der Waals surface area contributed by atoms with E-state index in [0.717, 1.165) is 50.2 Å². The molecule has 0 aromatic carbocycles. The molecule has 0 saturated carbocycles. The van der Waals surface area contributed by atoms with Gasteiger partial charge < -0.3 is 4.90 Å². The topological polar surface area (TPSA) is 32.3 Å². The van der Waals surface area contributed by atoms with E-state index < -0.39 is 11.9 Å². The number of halogens is 3. The van der Waals surface area contributed by atoms with Crippen molar-refractivity contribution in [3.63, 3.8) is 0 Å². The zero-order valence-electron chi connectivity index (χ0n) is 13.4. The van der Waals surface area contributed by atoms with Gasteiger partial charge in [0.2, 0.25) is 0 Å². The molecule has 1 aliphatic heterocycles. The molecule has 0 atom stereocenters. The number of nitrogens with zero attached hydrogens (tertiary/aromatic N) is 4. The van der Waals surface area contributed by atoms with Crippen LogP contribution >= 0.6 is 0 Å². The Hall–Kier alpha value is -2.15. The molecule has 3 heterocycles. The number of hydrogen-bond acceptors (Lipinski definition) is 4. The number of piperazine rings is 1. The average Bonchev–Trinajstić information content (AvgIpc) is 2.57. The highest BCUT2D eigenvalue weighted by atomic mass is 19.4. The van der Waals surface area contributed by atoms with E-state index in [9.17, 15) is 13.2 Å². The highest BCUT2D eigenvalue weighted by Crippen LogP contribution is 2.28. The summed E-state index contributed by atoms with van der Waals surface area (Å²) in [5, 5.41) is 0. The lowest BCUT2D eigenvalue weighted by Crippen LogP contribution is -2.46. The van der Waals surface area contributed by atoms with E-state index in [-0.39, 0.29) is 0 Å². The van der Waals surface area contributed by atoms with Gasteiger partial charge in [-0.25, -0.2) is 4.98 Å². The van der Waals surface area contributed by atoms with Crippen molar-refractivity contribution < 1.29 is 13.2 Å². The van der Waals surface area contributed by atoms with Crippen LogP contribution in [0.15, 0.2) is 36.7 Å². The van der Waals surface area contributed by atoms with Crippen LogP contribution < -0.4 is 4.90 Å². The molecule has 2 aromatic heterocycles. The summed E-state index contributed by atoms with van der Waals surface area (Å²) in [6.45, 7) is 6.10. The van der Waals surface area contributed by atoms with Gasteiger partial charge in [-0.05, 0) is 30.7 Å². The third kappa shape index (κ3) is 3.84. The lowest BCUT2D eigenvalue weighted by atomic mass is 10.1. The van der Waals surface area contributed by atoms with E-state index in [1.807, 2.05) is 13.0 Å². The molecule has 0 aliphatic carbocycles. The van der Waals surface area contributed by atoms with Crippen LogP contribution in [0.2, 0.25) is 0 Å². The molecule has 1 fully saturated rings. The Bertz CT molecular complexity index is 677. The number of anilines is 1. The maximum absolute atomic E-state index is 12.6. The van der Waals surface area contributed by atoms with E-state index >= 15 is 0 Å². The second kappa shape index (κ2) is 6.76. The Morgan fingerprint density at radius 3 is 2.38 bits per heavy atom. The van der Waals surface area contributed by atoms with Crippen molar-refractivity contribution in [3.05, 3.63) is 53.6 Å². The summed E-state index contributed by atoms with van der Waals surface area (Å²) < 4.78 is 37.7. The van der Waals surface area contributed by atoms with Crippen molar-refractivity contribution in [2.24, 2.45) is 0 Å². The van der Waals surface area contributed by atoms with Gasteiger partial charge in [0.05, 0.1) is 11.9 Å². The Morgan fingerprint density at radius 2 is 1.79 bits per heavy atom. The van der Waals surface area contributed by atoms with Gasteiger partial charge in [0.25, 0.3) is 0 Å². The Morgan fingerprint density at radius 1 is 1.04 bits per heavy atom. The van der Waals surface area contributed by atoms with Crippen LogP contribution in [0.25, 0.3) is 0 Å². The first-order chi connectivity index (χ1) is 11.4. The number of rotatable bonds is 3. The fourth-order valence-electron chi connectivity index (χ4n) is 2.83. The minimum absolute atomic E-state index is 0.736. The molecule has 0 bridgehead atoms. The lowest BCUT2D eigenvalue weighted by Gasteiger charge is -2.36. The van der Waals surface area contributed by atoms with Gasteiger partial charge in [0, 0.05) is 44.6 Å². The van der Waals surface area contributed by atoms with Crippen molar-refractivity contribution >= 4 is 5.69 Å². The van der Waals surface area contributed by atoms with Crippen molar-refractivity contribution in [1.29, 1.82) is 0 Å². The molecule has 0 N–H and O–H groups in total. The predicted molar refractivity (Wildman–Crippen MR) is 85.7 cm³/mol. The van der Waals surface area contributed by atoms with Gasteiger partial charge in [-0.15, -0.1) is 0 Å². The quantitative estimate of drug-likeness (QED) is 0.862. The first-order valence-electron chi connectivity index (χ1n) is 7.84. The fraction of sp³-hybridized carbons (Fsp3) is 0.412. The zero-order chi connectivity index (χ0) is 17.2. The van der Waals surface area contributed by atoms with Crippen LogP contribution in [-0.2, 0) is 12.7 Å². The fourth-order valence-corrected chi connectivity index (χ4v) is 2.83. The molecule has 0 spiro atoms. The first-order valence-corrected chi connectivity index (χ1v) is 7.84. The van der Waals surface area contributed by atoms with Crippen molar-refractivity contribution in [2.75, 3.05) is 31.1 Å². The Labute approximate surface area is 138 Å². The van der Waals surface area contributed by atoms with Crippen LogP contribution in [0, 0.1) is 6.92 Å². The van der Waals surface area contributed by atoms with Gasteiger partial charge in [-0.2, -0.15) is 13.2 Å². The number of hydrogen-bond donors (Lipinski definition) is 0. The Kier molecular flexibility index (Phi) is 4.71. The molecule has 24 heavy (non-hydrogen) atoms. The number of aromatic nitrogens is 2. The molecule has 2 aromatic rings. The predicted octanol–water partition coefficient (Wildman–Crippen LogP) is 3.13. The summed E-state index contributed by atoms with van der Waals surface area (Å²) in [6.07, 6.45) is -1.29. The summed E-state index contributed by atoms with van der Waals surface area (Å²) in [7, 11) is 0. The van der Waals surface area contributed by atoms with Gasteiger partial charge in [0.1, 0.15) is 5.69 Å². The second-order valence-electron chi connectivity index (χ2n) is 5.91. The van der Waals surface area contributed by atoms with Gasteiger partial charge in [-0.1, -0.05) is 6.07 Å². The van der Waals surface area contributed by atoms with E-state index in [4.69, 9.17) is 0 Å². The second-order valence-corrected chi connectivity index (χ2v) is 5.91. The average molecular weight is 336 g/mol. The largest absolute Gasteiger partial charge is 0.433 e. The van der Waals surface area contributed by atoms with Crippen molar-refractivity contribution in [2.45, 2.75) is 19.6 Å². The van der Waals surface area contributed by atoms with E-state index in [1.54, 1.807) is 6.20 Å². The van der Waals surface area contributed by atoms with Gasteiger partial charge in [0.15, 0.2) is 0 Å². The summed E-state index contributed by atoms with van der Waals surface area (Å²) in [5.41, 5.74) is 2.13. The molecule has 3 rings (SSSR count). The maximum atomic E-state index is 12.6. The molecular formula is C17H19F3N4.